The van der Waals surface area contributed by atoms with E-state index >= 15 is 0 Å². The van der Waals surface area contributed by atoms with Crippen LogP contribution in [-0.4, -0.2) is 29.9 Å². The van der Waals surface area contributed by atoms with Crippen molar-refractivity contribution in [2.75, 3.05) is 0 Å². The molecule has 1 heterocycles. The van der Waals surface area contributed by atoms with Crippen LogP contribution in [0.2, 0.25) is 0 Å². The molecule has 0 aromatic carbocycles. The second kappa shape index (κ2) is 6.17. The SMILES string of the molecule is C=C(C)C(OC(C)OC(=O)OC(C)(C)C)C1(C(=C)C)OO1. The monoisotopic (exact) mass is 300 g/mol. The molecule has 1 saturated heterocycles. The lowest BCUT2D eigenvalue weighted by atomic mass is 9.99. The van der Waals surface area contributed by atoms with Gasteiger partial charge in [0, 0.05) is 0 Å². The molecule has 1 rings (SSSR count). The van der Waals surface area contributed by atoms with Crippen molar-refractivity contribution < 1.29 is 28.8 Å². The Morgan fingerprint density at radius 2 is 1.71 bits per heavy atom. The van der Waals surface area contributed by atoms with Crippen LogP contribution in [0, 0.1) is 0 Å². The number of carbonyl (C=O) groups is 1. The van der Waals surface area contributed by atoms with E-state index in [9.17, 15) is 4.79 Å². The molecule has 0 N–H and O–H groups in total. The van der Waals surface area contributed by atoms with Gasteiger partial charge >= 0.3 is 6.16 Å². The first kappa shape index (κ1) is 17.7. The highest BCUT2D eigenvalue weighted by molar-refractivity contribution is 5.60. The van der Waals surface area contributed by atoms with Crippen molar-refractivity contribution in [3.8, 4) is 0 Å². The Kier molecular flexibility index (Phi) is 5.20. The Bertz CT molecular complexity index is 430. The van der Waals surface area contributed by atoms with Gasteiger partial charge in [-0.25, -0.2) is 4.79 Å². The van der Waals surface area contributed by atoms with Crippen molar-refractivity contribution in [1.82, 2.24) is 0 Å². The molecule has 2 atom stereocenters. The molecule has 0 saturated carbocycles. The van der Waals surface area contributed by atoms with Crippen molar-refractivity contribution in [2.45, 2.75) is 65.3 Å². The standard InChI is InChI=1S/C15H24O6/c1-9(2)12(15(10(3)4)20-21-15)17-11(5)18-13(16)19-14(6,7)8/h11-12H,1,3H2,2,4-8H3. The smallest absolute Gasteiger partial charge is 0.429 e. The lowest BCUT2D eigenvalue weighted by Crippen LogP contribution is -2.38. The first-order valence-electron chi connectivity index (χ1n) is 6.71. The van der Waals surface area contributed by atoms with Gasteiger partial charge in [0.05, 0.1) is 0 Å². The van der Waals surface area contributed by atoms with Crippen LogP contribution in [0.1, 0.15) is 41.5 Å². The van der Waals surface area contributed by atoms with Crippen LogP contribution in [0.5, 0.6) is 0 Å². The van der Waals surface area contributed by atoms with Crippen LogP contribution in [-0.2, 0) is 24.0 Å². The van der Waals surface area contributed by atoms with E-state index in [0.29, 0.717) is 11.1 Å². The van der Waals surface area contributed by atoms with E-state index in [1.807, 2.05) is 0 Å². The molecule has 6 heteroatoms. The zero-order valence-electron chi connectivity index (χ0n) is 13.5. The molecular formula is C15H24O6. The molecule has 6 nitrogen and oxygen atoms in total. The second-order valence-corrected chi connectivity index (χ2v) is 6.13. The molecule has 0 bridgehead atoms. The van der Waals surface area contributed by atoms with Crippen LogP contribution >= 0.6 is 0 Å². The van der Waals surface area contributed by atoms with Gasteiger partial charge in [-0.3, -0.25) is 0 Å². The molecule has 1 aliphatic heterocycles. The maximum absolute atomic E-state index is 11.6. The maximum atomic E-state index is 11.6. The molecule has 21 heavy (non-hydrogen) atoms. The van der Waals surface area contributed by atoms with Crippen LogP contribution in [0.15, 0.2) is 24.3 Å². The van der Waals surface area contributed by atoms with Crippen LogP contribution in [0.25, 0.3) is 0 Å². The fourth-order valence-electron chi connectivity index (χ4n) is 1.66. The zero-order valence-corrected chi connectivity index (χ0v) is 13.5. The summed E-state index contributed by atoms with van der Waals surface area (Å²) in [5.74, 6) is -1.06. The van der Waals surface area contributed by atoms with Gasteiger partial charge in [-0.05, 0) is 52.7 Å². The highest BCUT2D eigenvalue weighted by atomic mass is 17.4. The molecule has 0 aliphatic carbocycles. The third kappa shape index (κ3) is 4.84. The molecule has 0 amide bonds. The summed E-state index contributed by atoms with van der Waals surface area (Å²) in [6.45, 7) is 18.0. The van der Waals surface area contributed by atoms with Crippen molar-refractivity contribution in [3.05, 3.63) is 24.3 Å². The fourth-order valence-corrected chi connectivity index (χ4v) is 1.66. The summed E-state index contributed by atoms with van der Waals surface area (Å²) in [6, 6.07) is 0. The number of hydrogen-bond acceptors (Lipinski definition) is 6. The lowest BCUT2D eigenvalue weighted by Gasteiger charge is -2.26. The normalized spacial score (nSPS) is 19.3. The van der Waals surface area contributed by atoms with Crippen molar-refractivity contribution >= 4 is 6.16 Å². The minimum atomic E-state index is -1.06. The van der Waals surface area contributed by atoms with Crippen molar-refractivity contribution in [3.63, 3.8) is 0 Å². The summed E-state index contributed by atoms with van der Waals surface area (Å²) in [5.41, 5.74) is 0.668. The van der Waals surface area contributed by atoms with Crippen LogP contribution < -0.4 is 0 Å². The first-order chi connectivity index (χ1) is 9.48. The average Bonchev–Trinajstić information content (AvgIpc) is 3.03. The lowest BCUT2D eigenvalue weighted by molar-refractivity contribution is -0.153. The first-order valence-corrected chi connectivity index (χ1v) is 6.71. The van der Waals surface area contributed by atoms with Crippen molar-refractivity contribution in [1.29, 1.82) is 0 Å². The molecule has 0 radical (unpaired) electrons. The topological polar surface area (TPSA) is 69.8 Å². The quantitative estimate of drug-likeness (QED) is 0.246. The highest BCUT2D eigenvalue weighted by Crippen LogP contribution is 2.43. The molecule has 0 spiro atoms. The van der Waals surface area contributed by atoms with Gasteiger partial charge < -0.3 is 14.2 Å². The Balaban J connectivity index is 2.63. The summed E-state index contributed by atoms with van der Waals surface area (Å²) >= 11 is 0. The maximum Gasteiger partial charge on any atom is 0.511 e. The zero-order chi connectivity index (χ0) is 16.4. The minimum Gasteiger partial charge on any atom is -0.429 e. The Hall–Kier alpha value is -1.37. The number of carbonyl (C=O) groups excluding carboxylic acids is 1. The van der Waals surface area contributed by atoms with E-state index < -0.39 is 29.9 Å². The van der Waals surface area contributed by atoms with Crippen molar-refractivity contribution in [2.24, 2.45) is 0 Å². The Morgan fingerprint density at radius 1 is 1.19 bits per heavy atom. The van der Waals surface area contributed by atoms with Gasteiger partial charge in [-0.15, -0.1) is 0 Å². The molecule has 1 fully saturated rings. The van der Waals surface area contributed by atoms with Gasteiger partial charge in [0.25, 0.3) is 5.79 Å². The van der Waals surface area contributed by atoms with E-state index in [-0.39, 0.29) is 0 Å². The molecule has 2 unspecified atom stereocenters. The molecular weight excluding hydrogens is 276 g/mol. The average molecular weight is 300 g/mol. The third-order valence-corrected chi connectivity index (χ3v) is 2.63. The molecule has 0 aromatic heterocycles. The van der Waals surface area contributed by atoms with Gasteiger partial charge in [-0.1, -0.05) is 13.2 Å². The molecule has 0 aromatic rings. The second-order valence-electron chi connectivity index (χ2n) is 6.13. The molecule has 120 valence electrons. The number of ether oxygens (including phenoxy) is 3. The van der Waals surface area contributed by atoms with Gasteiger partial charge in [0.1, 0.15) is 11.7 Å². The van der Waals surface area contributed by atoms with Gasteiger partial charge in [0.15, 0.2) is 0 Å². The van der Waals surface area contributed by atoms with Gasteiger partial charge in [-0.2, -0.15) is 9.78 Å². The number of rotatable bonds is 6. The van der Waals surface area contributed by atoms with Gasteiger partial charge in [0.2, 0.25) is 6.29 Å². The summed E-state index contributed by atoms with van der Waals surface area (Å²) < 4.78 is 15.8. The van der Waals surface area contributed by atoms with Crippen LogP contribution in [0.3, 0.4) is 0 Å². The predicted octanol–water partition coefficient (Wildman–Crippen LogP) is 3.48. The fraction of sp³-hybridized carbons (Fsp3) is 0.667. The Morgan fingerprint density at radius 3 is 2.05 bits per heavy atom. The summed E-state index contributed by atoms with van der Waals surface area (Å²) in [6.07, 6.45) is -2.30. The third-order valence-electron chi connectivity index (χ3n) is 2.63. The predicted molar refractivity (Wildman–Crippen MR) is 76.2 cm³/mol. The van der Waals surface area contributed by atoms with E-state index in [0.717, 1.165) is 0 Å². The molecule has 1 aliphatic rings. The summed E-state index contributed by atoms with van der Waals surface area (Å²) in [4.78, 5) is 21.6. The largest absolute Gasteiger partial charge is 0.511 e. The highest BCUT2D eigenvalue weighted by Gasteiger charge is 2.58. The Labute approximate surface area is 125 Å². The minimum absolute atomic E-state index is 0.632. The van der Waals surface area contributed by atoms with E-state index in [4.69, 9.17) is 24.0 Å². The van der Waals surface area contributed by atoms with E-state index in [1.54, 1.807) is 41.5 Å². The summed E-state index contributed by atoms with van der Waals surface area (Å²) in [5, 5.41) is 0. The number of hydrogen-bond donors (Lipinski definition) is 0. The van der Waals surface area contributed by atoms with E-state index in [2.05, 4.69) is 13.2 Å². The van der Waals surface area contributed by atoms with Crippen LogP contribution in [0.4, 0.5) is 4.79 Å². The summed E-state index contributed by atoms with van der Waals surface area (Å²) in [7, 11) is 0. The van der Waals surface area contributed by atoms with E-state index in [1.165, 1.54) is 0 Å².